The van der Waals surface area contributed by atoms with E-state index in [-0.39, 0.29) is 5.75 Å². The first kappa shape index (κ1) is 9.59. The fourth-order valence-electron chi connectivity index (χ4n) is 1.75. The molecule has 2 rings (SSSR count). The minimum absolute atomic E-state index is 0.269. The maximum absolute atomic E-state index is 10.0. The van der Waals surface area contributed by atoms with Gasteiger partial charge in [0, 0.05) is 16.6 Å². The highest BCUT2D eigenvalue weighted by Crippen LogP contribution is 2.33. The van der Waals surface area contributed by atoms with Gasteiger partial charge in [0.1, 0.15) is 5.75 Å². The lowest BCUT2D eigenvalue weighted by Crippen LogP contribution is -1.94. The number of hydrogen-bond donors (Lipinski definition) is 2. The largest absolute Gasteiger partial charge is 0.507 e. The molecule has 0 spiro atoms. The maximum atomic E-state index is 10.0. The molecule has 0 aliphatic heterocycles. The summed E-state index contributed by atoms with van der Waals surface area (Å²) < 4.78 is 0. The zero-order valence-corrected chi connectivity index (χ0v) is 8.40. The minimum atomic E-state index is 0.269. The second-order valence-electron chi connectivity index (χ2n) is 3.51. The predicted molar refractivity (Wildman–Crippen MR) is 63.9 cm³/mol. The first-order valence-corrected chi connectivity index (χ1v) is 4.84. The summed E-state index contributed by atoms with van der Waals surface area (Å²) in [6.07, 6.45) is 2.32. The molecule has 0 saturated carbocycles. The third-order valence-electron chi connectivity index (χ3n) is 2.51. The number of aromatic hydroxyl groups is 1. The maximum Gasteiger partial charge on any atom is 0.128 e. The lowest BCUT2D eigenvalue weighted by molar-refractivity contribution is 0.476. The highest BCUT2D eigenvalue weighted by Gasteiger charge is 2.08. The van der Waals surface area contributed by atoms with E-state index >= 15 is 0 Å². The fraction of sp³-hybridized carbons (Fsp3) is 0.0769. The molecule has 0 amide bonds. The number of nitrogens with two attached hydrogens (primary N) is 1. The highest BCUT2D eigenvalue weighted by molar-refractivity contribution is 5.92. The van der Waals surface area contributed by atoms with Gasteiger partial charge in [-0.05, 0) is 17.9 Å². The molecule has 0 bridgehead atoms. The van der Waals surface area contributed by atoms with Gasteiger partial charge in [-0.15, -0.1) is 6.58 Å². The Bertz CT molecular complexity index is 517. The summed E-state index contributed by atoms with van der Waals surface area (Å²) in [4.78, 5) is 0. The van der Waals surface area contributed by atoms with Crippen molar-refractivity contribution in [3.05, 3.63) is 48.6 Å². The number of benzene rings is 2. The minimum Gasteiger partial charge on any atom is -0.507 e. The molecule has 2 aromatic carbocycles. The number of phenols is 1. The molecule has 0 saturated heterocycles. The van der Waals surface area contributed by atoms with Gasteiger partial charge in [0.25, 0.3) is 0 Å². The van der Waals surface area contributed by atoms with Crippen LogP contribution in [0.15, 0.2) is 43.0 Å². The Kier molecular flexibility index (Phi) is 2.34. The molecule has 0 radical (unpaired) electrons. The SMILES string of the molecule is C=CCc1c(N)cc2ccccc2c1O. The van der Waals surface area contributed by atoms with Crippen molar-refractivity contribution in [1.82, 2.24) is 0 Å². The summed E-state index contributed by atoms with van der Waals surface area (Å²) in [6, 6.07) is 9.53. The van der Waals surface area contributed by atoms with E-state index < -0.39 is 0 Å². The zero-order valence-electron chi connectivity index (χ0n) is 8.40. The second kappa shape index (κ2) is 3.65. The molecule has 0 fully saturated rings. The molecular formula is C13H13NO. The molecule has 0 aliphatic carbocycles. The molecule has 0 heterocycles. The van der Waals surface area contributed by atoms with Crippen LogP contribution in [-0.2, 0) is 6.42 Å². The van der Waals surface area contributed by atoms with Crippen molar-refractivity contribution in [3.63, 3.8) is 0 Å². The number of nitrogen functional groups attached to an aromatic ring is 1. The van der Waals surface area contributed by atoms with Crippen LogP contribution >= 0.6 is 0 Å². The summed E-state index contributed by atoms with van der Waals surface area (Å²) in [7, 11) is 0. The number of rotatable bonds is 2. The summed E-state index contributed by atoms with van der Waals surface area (Å²) in [5.74, 6) is 0.269. The monoisotopic (exact) mass is 199 g/mol. The fourth-order valence-corrected chi connectivity index (χ4v) is 1.75. The Morgan fingerprint density at radius 3 is 2.80 bits per heavy atom. The third kappa shape index (κ3) is 1.54. The van der Waals surface area contributed by atoms with Gasteiger partial charge in [0.05, 0.1) is 0 Å². The van der Waals surface area contributed by atoms with Crippen molar-refractivity contribution >= 4 is 16.5 Å². The van der Waals surface area contributed by atoms with E-state index in [9.17, 15) is 5.11 Å². The Hall–Kier alpha value is -1.96. The highest BCUT2D eigenvalue weighted by atomic mass is 16.3. The van der Waals surface area contributed by atoms with Gasteiger partial charge >= 0.3 is 0 Å². The van der Waals surface area contributed by atoms with Crippen LogP contribution in [-0.4, -0.2) is 5.11 Å². The molecular weight excluding hydrogens is 186 g/mol. The van der Waals surface area contributed by atoms with Gasteiger partial charge in [-0.3, -0.25) is 0 Å². The van der Waals surface area contributed by atoms with E-state index in [2.05, 4.69) is 6.58 Å². The lowest BCUT2D eigenvalue weighted by Gasteiger charge is -2.09. The average molecular weight is 199 g/mol. The molecule has 0 atom stereocenters. The molecule has 15 heavy (non-hydrogen) atoms. The van der Waals surface area contributed by atoms with E-state index in [1.54, 1.807) is 6.08 Å². The number of phenolic OH excluding ortho intramolecular Hbond substituents is 1. The Morgan fingerprint density at radius 1 is 1.33 bits per heavy atom. The van der Waals surface area contributed by atoms with Crippen LogP contribution in [0, 0.1) is 0 Å². The first-order chi connectivity index (χ1) is 7.24. The van der Waals surface area contributed by atoms with Crippen molar-refractivity contribution in [1.29, 1.82) is 0 Å². The van der Waals surface area contributed by atoms with E-state index in [1.807, 2.05) is 30.3 Å². The van der Waals surface area contributed by atoms with Gasteiger partial charge in [0.2, 0.25) is 0 Å². The molecule has 0 aliphatic rings. The molecule has 2 heteroatoms. The summed E-state index contributed by atoms with van der Waals surface area (Å²) in [6.45, 7) is 3.65. The van der Waals surface area contributed by atoms with Crippen LogP contribution in [0.2, 0.25) is 0 Å². The van der Waals surface area contributed by atoms with Crippen molar-refractivity contribution in [2.24, 2.45) is 0 Å². The number of allylic oxidation sites excluding steroid dienone is 1. The molecule has 76 valence electrons. The lowest BCUT2D eigenvalue weighted by atomic mass is 10.0. The van der Waals surface area contributed by atoms with Crippen molar-refractivity contribution in [3.8, 4) is 5.75 Å². The molecule has 0 unspecified atom stereocenters. The number of hydrogen-bond acceptors (Lipinski definition) is 2. The normalized spacial score (nSPS) is 10.4. The van der Waals surface area contributed by atoms with Crippen LogP contribution in [0.25, 0.3) is 10.8 Å². The van der Waals surface area contributed by atoms with E-state index in [0.717, 1.165) is 16.3 Å². The van der Waals surface area contributed by atoms with Crippen molar-refractivity contribution < 1.29 is 5.11 Å². The summed E-state index contributed by atoms with van der Waals surface area (Å²) >= 11 is 0. The van der Waals surface area contributed by atoms with E-state index in [0.29, 0.717) is 12.1 Å². The van der Waals surface area contributed by atoms with Gasteiger partial charge in [-0.1, -0.05) is 30.3 Å². The van der Waals surface area contributed by atoms with Crippen LogP contribution in [0.3, 0.4) is 0 Å². The molecule has 0 aromatic heterocycles. The quantitative estimate of drug-likeness (QED) is 0.577. The Morgan fingerprint density at radius 2 is 2.07 bits per heavy atom. The third-order valence-corrected chi connectivity index (χ3v) is 2.51. The predicted octanol–water partition coefficient (Wildman–Crippen LogP) is 2.86. The molecule has 2 nitrogen and oxygen atoms in total. The van der Waals surface area contributed by atoms with E-state index in [1.165, 1.54) is 0 Å². The van der Waals surface area contributed by atoms with Crippen molar-refractivity contribution in [2.45, 2.75) is 6.42 Å². The zero-order chi connectivity index (χ0) is 10.8. The summed E-state index contributed by atoms with van der Waals surface area (Å²) in [5, 5.41) is 11.8. The topological polar surface area (TPSA) is 46.2 Å². The Balaban J connectivity index is 2.77. The second-order valence-corrected chi connectivity index (χ2v) is 3.51. The Labute approximate surface area is 88.7 Å². The van der Waals surface area contributed by atoms with Gasteiger partial charge in [-0.25, -0.2) is 0 Å². The van der Waals surface area contributed by atoms with Crippen LogP contribution in [0.4, 0.5) is 5.69 Å². The van der Waals surface area contributed by atoms with Crippen molar-refractivity contribution in [2.75, 3.05) is 5.73 Å². The van der Waals surface area contributed by atoms with Gasteiger partial charge in [0.15, 0.2) is 0 Å². The standard InChI is InChI=1S/C13H13NO/c1-2-5-11-12(14)8-9-6-3-4-7-10(9)13(11)15/h2-4,6-8,15H,1,5,14H2. The van der Waals surface area contributed by atoms with Crippen LogP contribution in [0.1, 0.15) is 5.56 Å². The molecule has 2 aromatic rings. The van der Waals surface area contributed by atoms with E-state index in [4.69, 9.17) is 5.73 Å². The van der Waals surface area contributed by atoms with Crippen LogP contribution < -0.4 is 5.73 Å². The molecule has 3 N–H and O–H groups in total. The summed E-state index contributed by atoms with van der Waals surface area (Å²) in [5.41, 5.74) is 7.24. The average Bonchev–Trinajstić information content (AvgIpc) is 2.24. The smallest absolute Gasteiger partial charge is 0.128 e. The first-order valence-electron chi connectivity index (χ1n) is 4.84. The van der Waals surface area contributed by atoms with Crippen LogP contribution in [0.5, 0.6) is 5.75 Å². The van der Waals surface area contributed by atoms with Gasteiger partial charge in [-0.2, -0.15) is 0 Å². The van der Waals surface area contributed by atoms with Gasteiger partial charge < -0.3 is 10.8 Å². The number of anilines is 1. The number of fused-ring (bicyclic) bond motifs is 1.